The van der Waals surface area contributed by atoms with Crippen LogP contribution in [0.3, 0.4) is 0 Å². The van der Waals surface area contributed by atoms with E-state index in [-0.39, 0.29) is 0 Å². The van der Waals surface area contributed by atoms with Crippen LogP contribution < -0.4 is 0 Å². The van der Waals surface area contributed by atoms with Crippen LogP contribution in [0.15, 0.2) is 53.3 Å². The second-order valence-electron chi connectivity index (χ2n) is 4.03. The minimum atomic E-state index is 0.883. The Bertz CT molecular complexity index is 848. The largest absolute Gasteiger partial charge is 0.464 e. The molecule has 0 saturated carbocycles. The number of nitrogens with zero attached hydrogens (tertiary/aromatic N) is 2. The summed E-state index contributed by atoms with van der Waals surface area (Å²) in [6, 6.07) is 12.1. The molecule has 0 atom stereocenters. The van der Waals surface area contributed by atoms with Gasteiger partial charge < -0.3 is 4.42 Å². The van der Waals surface area contributed by atoms with Crippen LogP contribution in [0, 0.1) is 0 Å². The van der Waals surface area contributed by atoms with Crippen molar-refractivity contribution in [2.75, 3.05) is 0 Å². The molecule has 80 valence electrons. The molecule has 0 amide bonds. The highest BCUT2D eigenvalue weighted by atomic mass is 16.3. The van der Waals surface area contributed by atoms with Crippen LogP contribution >= 0.6 is 0 Å². The molecule has 2 aromatic heterocycles. The maximum Gasteiger partial charge on any atom is 0.134 e. The summed E-state index contributed by atoms with van der Waals surface area (Å²) in [7, 11) is 0. The lowest BCUT2D eigenvalue weighted by Crippen LogP contribution is -1.78. The second kappa shape index (κ2) is 3.04. The van der Waals surface area contributed by atoms with E-state index in [1.165, 1.54) is 5.39 Å². The zero-order valence-electron chi connectivity index (χ0n) is 8.92. The summed E-state index contributed by atoms with van der Waals surface area (Å²) < 4.78 is 5.50. The highest BCUT2D eigenvalue weighted by Crippen LogP contribution is 2.30. The zero-order valence-corrected chi connectivity index (χ0v) is 8.92. The molecule has 3 heteroatoms. The van der Waals surface area contributed by atoms with Gasteiger partial charge in [0.25, 0.3) is 0 Å². The highest BCUT2D eigenvalue weighted by Gasteiger charge is 2.07. The fourth-order valence-corrected chi connectivity index (χ4v) is 2.33. The Morgan fingerprint density at radius 3 is 2.88 bits per heavy atom. The molecule has 0 aliphatic rings. The van der Waals surface area contributed by atoms with E-state index in [0.29, 0.717) is 0 Å². The Morgan fingerprint density at radius 1 is 0.941 bits per heavy atom. The fraction of sp³-hybridized carbons (Fsp3) is 0. The molecule has 2 heterocycles. The van der Waals surface area contributed by atoms with Crippen molar-refractivity contribution >= 4 is 32.6 Å². The summed E-state index contributed by atoms with van der Waals surface area (Å²) in [4.78, 5) is 0. The normalized spacial score (nSPS) is 11.5. The summed E-state index contributed by atoms with van der Waals surface area (Å²) in [5.41, 5.74) is 1.81. The molecule has 4 rings (SSSR count). The molecule has 0 saturated heterocycles. The van der Waals surface area contributed by atoms with E-state index in [4.69, 9.17) is 4.42 Å². The topological polar surface area (TPSA) is 38.9 Å². The SMILES string of the molecule is c1coc2ccc3ccc4nncc4c3c2c1. The monoisotopic (exact) mass is 220 g/mol. The number of fused-ring (bicyclic) bond motifs is 5. The third-order valence-corrected chi connectivity index (χ3v) is 3.09. The molecule has 0 fully saturated rings. The highest BCUT2D eigenvalue weighted by molar-refractivity contribution is 6.18. The van der Waals surface area contributed by atoms with E-state index < -0.39 is 0 Å². The minimum absolute atomic E-state index is 0.883. The van der Waals surface area contributed by atoms with E-state index in [2.05, 4.69) is 28.4 Å². The first-order valence-corrected chi connectivity index (χ1v) is 5.44. The molecule has 0 spiro atoms. The number of rotatable bonds is 0. The number of hydrogen-bond acceptors (Lipinski definition) is 3. The third kappa shape index (κ3) is 1.11. The van der Waals surface area contributed by atoms with Crippen LogP contribution in [0.4, 0.5) is 0 Å². The van der Waals surface area contributed by atoms with Crippen molar-refractivity contribution in [2.45, 2.75) is 0 Å². The van der Waals surface area contributed by atoms with Crippen LogP contribution in [0.25, 0.3) is 32.6 Å². The first-order valence-electron chi connectivity index (χ1n) is 5.44. The van der Waals surface area contributed by atoms with Gasteiger partial charge in [0.2, 0.25) is 0 Å². The molecule has 0 bridgehead atoms. The van der Waals surface area contributed by atoms with Gasteiger partial charge in [0.15, 0.2) is 0 Å². The average molecular weight is 220 g/mol. The molecular formula is C14H8N2O. The molecule has 17 heavy (non-hydrogen) atoms. The Kier molecular flexibility index (Phi) is 1.56. The van der Waals surface area contributed by atoms with Gasteiger partial charge in [-0.1, -0.05) is 12.1 Å². The van der Waals surface area contributed by atoms with Gasteiger partial charge >= 0.3 is 0 Å². The van der Waals surface area contributed by atoms with Crippen molar-refractivity contribution in [3.8, 4) is 0 Å². The van der Waals surface area contributed by atoms with E-state index in [1.54, 1.807) is 6.26 Å². The lowest BCUT2D eigenvalue weighted by atomic mass is 10.0. The Labute approximate surface area is 96.7 Å². The van der Waals surface area contributed by atoms with E-state index >= 15 is 0 Å². The quantitative estimate of drug-likeness (QED) is 0.425. The average Bonchev–Trinajstić information content (AvgIpc) is 2.86. The molecule has 2 aromatic carbocycles. The number of hydrogen-bond donors (Lipinski definition) is 0. The van der Waals surface area contributed by atoms with Crippen LogP contribution in [0.1, 0.15) is 0 Å². The van der Waals surface area contributed by atoms with E-state index in [0.717, 1.165) is 27.3 Å². The van der Waals surface area contributed by atoms with Crippen LogP contribution in [-0.4, -0.2) is 10.2 Å². The van der Waals surface area contributed by atoms with Crippen LogP contribution in [0.5, 0.6) is 0 Å². The van der Waals surface area contributed by atoms with E-state index in [9.17, 15) is 0 Å². The van der Waals surface area contributed by atoms with Gasteiger partial charge in [0.05, 0.1) is 18.0 Å². The van der Waals surface area contributed by atoms with Gasteiger partial charge in [-0.25, -0.2) is 0 Å². The number of aromatic nitrogens is 2. The second-order valence-corrected chi connectivity index (χ2v) is 4.03. The minimum Gasteiger partial charge on any atom is -0.464 e. The van der Waals surface area contributed by atoms with Crippen molar-refractivity contribution < 1.29 is 4.42 Å². The summed E-state index contributed by atoms with van der Waals surface area (Å²) in [5.74, 6) is 0. The molecule has 0 aliphatic heterocycles. The van der Waals surface area contributed by atoms with Crippen molar-refractivity contribution in [1.82, 2.24) is 10.2 Å². The molecule has 0 N–H and O–H groups in total. The van der Waals surface area contributed by atoms with Crippen molar-refractivity contribution in [1.29, 1.82) is 0 Å². The zero-order chi connectivity index (χ0) is 11.2. The molecule has 3 nitrogen and oxygen atoms in total. The Hall–Kier alpha value is -2.42. The van der Waals surface area contributed by atoms with Crippen LogP contribution in [0.2, 0.25) is 0 Å². The van der Waals surface area contributed by atoms with Crippen molar-refractivity contribution in [3.05, 3.63) is 48.9 Å². The van der Waals surface area contributed by atoms with Gasteiger partial charge in [0, 0.05) is 16.2 Å². The first-order chi connectivity index (χ1) is 8.43. The van der Waals surface area contributed by atoms with Gasteiger partial charge in [-0.3, -0.25) is 0 Å². The van der Waals surface area contributed by atoms with Gasteiger partial charge in [-0.2, -0.15) is 10.2 Å². The lowest BCUT2D eigenvalue weighted by molar-refractivity contribution is 0.604. The molecule has 4 aromatic rings. The standard InChI is InChI=1S/C14H8N2O/c1-2-10-13(17-7-1)6-4-9-3-5-12-11(14(9)10)8-15-16-12/h1-8H. The maximum absolute atomic E-state index is 5.50. The third-order valence-electron chi connectivity index (χ3n) is 3.09. The van der Waals surface area contributed by atoms with E-state index in [1.807, 2.05) is 24.4 Å². The van der Waals surface area contributed by atoms with Gasteiger partial charge in [-0.15, -0.1) is 0 Å². The van der Waals surface area contributed by atoms with Gasteiger partial charge in [-0.05, 0) is 29.7 Å². The molecular weight excluding hydrogens is 212 g/mol. The van der Waals surface area contributed by atoms with Crippen molar-refractivity contribution in [2.24, 2.45) is 0 Å². The number of benzene rings is 2. The molecule has 0 aliphatic carbocycles. The van der Waals surface area contributed by atoms with Crippen LogP contribution in [-0.2, 0) is 0 Å². The van der Waals surface area contributed by atoms with Gasteiger partial charge in [0.1, 0.15) is 5.58 Å². The summed E-state index contributed by atoms with van der Waals surface area (Å²) in [6.45, 7) is 0. The lowest BCUT2D eigenvalue weighted by Gasteiger charge is -2.03. The summed E-state index contributed by atoms with van der Waals surface area (Å²) >= 11 is 0. The smallest absolute Gasteiger partial charge is 0.134 e. The van der Waals surface area contributed by atoms with Crippen molar-refractivity contribution in [3.63, 3.8) is 0 Å². The molecule has 0 unspecified atom stereocenters. The maximum atomic E-state index is 5.50. The summed E-state index contributed by atoms with van der Waals surface area (Å²) in [6.07, 6.45) is 3.50. The summed E-state index contributed by atoms with van der Waals surface area (Å²) in [5, 5.41) is 12.6. The first kappa shape index (κ1) is 8.70. The Balaban J connectivity index is 2.41. The Morgan fingerprint density at radius 2 is 1.88 bits per heavy atom. The predicted octanol–water partition coefficient (Wildman–Crippen LogP) is 3.53. The molecule has 0 radical (unpaired) electrons. The fourth-order valence-electron chi connectivity index (χ4n) is 2.33. The predicted molar refractivity (Wildman–Crippen MR) is 66.8 cm³/mol.